The summed E-state index contributed by atoms with van der Waals surface area (Å²) in [5.74, 6) is 0. The third-order valence-electron chi connectivity index (χ3n) is 1.69. The standard InChI is InChI=1S/C8H7ClN2/c9-8-3-5-1-2-6(10)4-7(5)11-8/h1-2,4H,3,10H2. The lowest BCUT2D eigenvalue weighted by Crippen LogP contribution is -1.86. The van der Waals surface area contributed by atoms with Crippen LogP contribution < -0.4 is 5.73 Å². The summed E-state index contributed by atoms with van der Waals surface area (Å²) >= 11 is 5.74. The summed E-state index contributed by atoms with van der Waals surface area (Å²) in [6.07, 6.45) is 0.747. The predicted molar refractivity (Wildman–Crippen MR) is 47.5 cm³/mol. The minimum Gasteiger partial charge on any atom is -0.399 e. The maximum absolute atomic E-state index is 5.74. The van der Waals surface area contributed by atoms with E-state index in [1.54, 1.807) is 0 Å². The van der Waals surface area contributed by atoms with Gasteiger partial charge in [-0.25, -0.2) is 4.99 Å². The quantitative estimate of drug-likeness (QED) is 0.589. The molecule has 0 spiro atoms. The molecule has 1 aliphatic heterocycles. The number of benzene rings is 1. The van der Waals surface area contributed by atoms with Gasteiger partial charge in [-0.3, -0.25) is 0 Å². The number of hydrogen-bond donors (Lipinski definition) is 1. The molecule has 0 bridgehead atoms. The van der Waals surface area contributed by atoms with Crippen molar-refractivity contribution in [2.75, 3.05) is 5.73 Å². The van der Waals surface area contributed by atoms with Crippen molar-refractivity contribution in [1.82, 2.24) is 0 Å². The van der Waals surface area contributed by atoms with Crippen LogP contribution in [0.1, 0.15) is 5.56 Å². The Kier molecular flexibility index (Phi) is 1.36. The van der Waals surface area contributed by atoms with E-state index in [4.69, 9.17) is 17.3 Å². The molecule has 1 aromatic rings. The summed E-state index contributed by atoms with van der Waals surface area (Å²) in [6, 6.07) is 5.66. The third kappa shape index (κ3) is 1.10. The fourth-order valence-corrected chi connectivity index (χ4v) is 1.40. The summed E-state index contributed by atoms with van der Waals surface area (Å²) in [5, 5.41) is 0.644. The van der Waals surface area contributed by atoms with Crippen LogP contribution in [0.3, 0.4) is 0 Å². The highest BCUT2D eigenvalue weighted by Gasteiger charge is 2.11. The van der Waals surface area contributed by atoms with Gasteiger partial charge in [-0.2, -0.15) is 0 Å². The number of fused-ring (bicyclic) bond motifs is 1. The summed E-state index contributed by atoms with van der Waals surface area (Å²) in [6.45, 7) is 0. The van der Waals surface area contributed by atoms with Crippen LogP contribution in [0.2, 0.25) is 0 Å². The summed E-state index contributed by atoms with van der Waals surface area (Å²) in [4.78, 5) is 4.11. The zero-order valence-electron chi connectivity index (χ0n) is 5.84. The first-order valence-electron chi connectivity index (χ1n) is 3.37. The molecule has 56 valence electrons. The number of halogens is 1. The molecule has 1 heterocycles. The maximum Gasteiger partial charge on any atom is 0.111 e. The van der Waals surface area contributed by atoms with E-state index in [0.717, 1.165) is 23.4 Å². The largest absolute Gasteiger partial charge is 0.399 e. The Hall–Kier alpha value is -1.02. The molecule has 3 heteroatoms. The number of anilines is 1. The van der Waals surface area contributed by atoms with Crippen LogP contribution in [0, 0.1) is 0 Å². The van der Waals surface area contributed by atoms with Gasteiger partial charge in [-0.05, 0) is 17.7 Å². The van der Waals surface area contributed by atoms with Gasteiger partial charge >= 0.3 is 0 Å². The molecule has 0 saturated heterocycles. The second-order valence-electron chi connectivity index (χ2n) is 2.55. The third-order valence-corrected chi connectivity index (χ3v) is 1.91. The Labute approximate surface area is 69.7 Å². The molecule has 0 saturated carbocycles. The molecule has 2 nitrogen and oxygen atoms in total. The van der Waals surface area contributed by atoms with Crippen LogP contribution in [0.5, 0.6) is 0 Å². The normalized spacial score (nSPS) is 14.5. The monoisotopic (exact) mass is 166 g/mol. The van der Waals surface area contributed by atoms with Crippen molar-refractivity contribution in [1.29, 1.82) is 0 Å². The molecule has 0 radical (unpaired) electrons. The molecule has 11 heavy (non-hydrogen) atoms. The van der Waals surface area contributed by atoms with Crippen LogP contribution in [0.25, 0.3) is 0 Å². The van der Waals surface area contributed by atoms with E-state index in [9.17, 15) is 0 Å². The van der Waals surface area contributed by atoms with Crippen LogP contribution in [-0.4, -0.2) is 5.17 Å². The van der Waals surface area contributed by atoms with Crippen molar-refractivity contribution >= 4 is 28.1 Å². The molecule has 0 aromatic heterocycles. The summed E-state index contributed by atoms with van der Waals surface area (Å²) in [5.41, 5.74) is 8.37. The lowest BCUT2D eigenvalue weighted by molar-refractivity contribution is 1.41. The number of nitrogen functional groups attached to an aromatic ring is 1. The topological polar surface area (TPSA) is 38.4 Å². The highest BCUT2D eigenvalue weighted by molar-refractivity contribution is 6.66. The molecule has 0 unspecified atom stereocenters. The summed E-state index contributed by atoms with van der Waals surface area (Å²) in [7, 11) is 0. The van der Waals surface area contributed by atoms with E-state index >= 15 is 0 Å². The van der Waals surface area contributed by atoms with Crippen LogP contribution in [0.4, 0.5) is 11.4 Å². The van der Waals surface area contributed by atoms with Crippen LogP contribution in [0.15, 0.2) is 23.2 Å². The molecular weight excluding hydrogens is 160 g/mol. The molecule has 0 fully saturated rings. The smallest absolute Gasteiger partial charge is 0.111 e. The molecule has 2 N–H and O–H groups in total. The van der Waals surface area contributed by atoms with E-state index in [1.165, 1.54) is 0 Å². The van der Waals surface area contributed by atoms with E-state index in [-0.39, 0.29) is 0 Å². The van der Waals surface area contributed by atoms with Gasteiger partial charge in [0, 0.05) is 12.1 Å². The van der Waals surface area contributed by atoms with Crippen molar-refractivity contribution in [3.63, 3.8) is 0 Å². The van der Waals surface area contributed by atoms with Gasteiger partial charge in [0.05, 0.1) is 5.69 Å². The van der Waals surface area contributed by atoms with Crippen molar-refractivity contribution in [3.05, 3.63) is 23.8 Å². The first-order valence-corrected chi connectivity index (χ1v) is 3.75. The molecule has 0 atom stereocenters. The number of nitrogens with zero attached hydrogens (tertiary/aromatic N) is 1. The highest BCUT2D eigenvalue weighted by atomic mass is 35.5. The van der Waals surface area contributed by atoms with Crippen molar-refractivity contribution in [2.45, 2.75) is 6.42 Å². The van der Waals surface area contributed by atoms with Crippen molar-refractivity contribution in [3.8, 4) is 0 Å². The number of hydrogen-bond acceptors (Lipinski definition) is 2. The van der Waals surface area contributed by atoms with Gasteiger partial charge < -0.3 is 5.73 Å². The second-order valence-corrected chi connectivity index (χ2v) is 2.99. The Balaban J connectivity index is 2.54. The minimum absolute atomic E-state index is 0.644. The lowest BCUT2D eigenvalue weighted by atomic mass is 10.1. The SMILES string of the molecule is Nc1ccc2c(c1)N=C(Cl)C2. The van der Waals surface area contributed by atoms with E-state index in [1.807, 2.05) is 18.2 Å². The van der Waals surface area contributed by atoms with E-state index in [2.05, 4.69) is 4.99 Å². The van der Waals surface area contributed by atoms with Gasteiger partial charge in [0.1, 0.15) is 5.17 Å². The van der Waals surface area contributed by atoms with Crippen molar-refractivity contribution < 1.29 is 0 Å². The first-order chi connectivity index (χ1) is 5.25. The zero-order valence-corrected chi connectivity index (χ0v) is 6.60. The van der Waals surface area contributed by atoms with Crippen LogP contribution >= 0.6 is 11.6 Å². The zero-order chi connectivity index (χ0) is 7.84. The van der Waals surface area contributed by atoms with E-state index < -0.39 is 0 Å². The van der Waals surface area contributed by atoms with Gasteiger partial charge in [-0.1, -0.05) is 17.7 Å². The fourth-order valence-electron chi connectivity index (χ4n) is 1.16. The first kappa shape index (κ1) is 6.68. The molecule has 0 aliphatic carbocycles. The Morgan fingerprint density at radius 1 is 1.45 bits per heavy atom. The number of rotatable bonds is 0. The summed E-state index contributed by atoms with van der Waals surface area (Å²) < 4.78 is 0. The Bertz CT molecular complexity index is 331. The fraction of sp³-hybridized carbons (Fsp3) is 0.125. The Morgan fingerprint density at radius 3 is 3.09 bits per heavy atom. The highest BCUT2D eigenvalue weighted by Crippen LogP contribution is 2.29. The number of nitrogens with two attached hydrogens (primary N) is 1. The molecular formula is C8H7ClN2. The number of aliphatic imine (C=N–C) groups is 1. The van der Waals surface area contributed by atoms with Gasteiger partial charge in [-0.15, -0.1) is 0 Å². The van der Waals surface area contributed by atoms with Gasteiger partial charge in [0.25, 0.3) is 0 Å². The maximum atomic E-state index is 5.74. The lowest BCUT2D eigenvalue weighted by Gasteiger charge is -1.96. The predicted octanol–water partition coefficient (Wildman–Crippen LogP) is 2.09. The van der Waals surface area contributed by atoms with Gasteiger partial charge in [0.2, 0.25) is 0 Å². The molecule has 0 amide bonds. The van der Waals surface area contributed by atoms with E-state index in [0.29, 0.717) is 5.17 Å². The molecule has 2 rings (SSSR count). The average Bonchev–Trinajstić information content (AvgIpc) is 2.27. The Morgan fingerprint density at radius 2 is 2.27 bits per heavy atom. The second kappa shape index (κ2) is 2.24. The molecule has 1 aliphatic rings. The molecule has 1 aromatic carbocycles. The van der Waals surface area contributed by atoms with Gasteiger partial charge in [0.15, 0.2) is 0 Å². The van der Waals surface area contributed by atoms with Crippen LogP contribution in [-0.2, 0) is 6.42 Å². The van der Waals surface area contributed by atoms with Crippen molar-refractivity contribution in [2.24, 2.45) is 4.99 Å². The average molecular weight is 167 g/mol. The minimum atomic E-state index is 0.644.